The van der Waals surface area contributed by atoms with E-state index in [-0.39, 0.29) is 23.4 Å². The third kappa shape index (κ3) is 7.10. The molecule has 1 saturated carbocycles. The summed E-state index contributed by atoms with van der Waals surface area (Å²) < 4.78 is 28.8. The van der Waals surface area contributed by atoms with Gasteiger partial charge >= 0.3 is 0 Å². The Morgan fingerprint density at radius 2 is 1.48 bits per heavy atom. The number of nitrogens with one attached hydrogen (secondary N) is 1. The van der Waals surface area contributed by atoms with Crippen LogP contribution < -0.4 is 9.62 Å². The van der Waals surface area contributed by atoms with Crippen molar-refractivity contribution in [2.24, 2.45) is 0 Å². The predicted octanol–water partition coefficient (Wildman–Crippen LogP) is 5.45. The second kappa shape index (κ2) is 13.6. The number of aryl methyl sites for hydroxylation is 1. The maximum Gasteiger partial charge on any atom is 0.264 e. The highest BCUT2D eigenvalue weighted by atomic mass is 32.2. The van der Waals surface area contributed by atoms with Crippen LogP contribution in [0.15, 0.2) is 89.8 Å². The van der Waals surface area contributed by atoms with Gasteiger partial charge in [-0.15, -0.1) is 0 Å². The Morgan fingerprint density at radius 1 is 0.875 bits per heavy atom. The van der Waals surface area contributed by atoms with Gasteiger partial charge in [-0.3, -0.25) is 13.9 Å². The fourth-order valence-corrected chi connectivity index (χ4v) is 6.71. The quantitative estimate of drug-likeness (QED) is 0.338. The summed E-state index contributed by atoms with van der Waals surface area (Å²) in [5.74, 6) is -0.620. The molecule has 40 heavy (non-hydrogen) atoms. The Kier molecular flexibility index (Phi) is 9.98. The maximum atomic E-state index is 14.2. The molecule has 1 N–H and O–H groups in total. The van der Waals surface area contributed by atoms with Crippen molar-refractivity contribution in [3.8, 4) is 0 Å². The molecule has 1 atom stereocenters. The SMILES string of the molecule is CCC(C(=O)NC1CCCCC1)N(Cc1ccccc1C)C(=O)CN(c1ccccc1)S(=O)(=O)c1ccccc1. The molecular weight excluding hydrogens is 522 g/mol. The Morgan fingerprint density at radius 3 is 2.10 bits per heavy atom. The molecule has 0 aliphatic heterocycles. The minimum Gasteiger partial charge on any atom is -0.352 e. The molecule has 1 fully saturated rings. The van der Waals surface area contributed by atoms with Crippen molar-refractivity contribution in [3.05, 3.63) is 96.1 Å². The third-order valence-corrected chi connectivity index (χ3v) is 9.38. The number of amides is 2. The standard InChI is InChI=1S/C32H39N3O4S/c1-3-30(32(37)33-27-17-7-4-8-18-27)34(23-26-16-14-13-15-25(26)2)31(36)24-35(28-19-9-5-10-20-28)40(38,39)29-21-11-6-12-22-29/h5-6,9-16,19-22,27,30H,3-4,7-8,17-18,23-24H2,1-2H3,(H,33,37). The lowest BCUT2D eigenvalue weighted by molar-refractivity contribution is -0.140. The van der Waals surface area contributed by atoms with Crippen molar-refractivity contribution in [3.63, 3.8) is 0 Å². The lowest BCUT2D eigenvalue weighted by Gasteiger charge is -2.34. The van der Waals surface area contributed by atoms with E-state index in [4.69, 9.17) is 0 Å². The summed E-state index contributed by atoms with van der Waals surface area (Å²) in [6.45, 7) is 3.63. The zero-order valence-corrected chi connectivity index (χ0v) is 24.1. The van der Waals surface area contributed by atoms with Gasteiger partial charge in [0.1, 0.15) is 12.6 Å². The Labute approximate surface area is 238 Å². The lowest BCUT2D eigenvalue weighted by Crippen LogP contribution is -2.54. The summed E-state index contributed by atoms with van der Waals surface area (Å²) in [5.41, 5.74) is 2.30. The van der Waals surface area contributed by atoms with Crippen LogP contribution in [-0.4, -0.2) is 43.8 Å². The highest BCUT2D eigenvalue weighted by molar-refractivity contribution is 7.92. The summed E-state index contributed by atoms with van der Waals surface area (Å²) in [6, 6.07) is 23.9. The number of benzene rings is 3. The van der Waals surface area contributed by atoms with Crippen LogP contribution >= 0.6 is 0 Å². The summed E-state index contributed by atoms with van der Waals surface area (Å²) in [7, 11) is -4.05. The first-order chi connectivity index (χ1) is 19.3. The normalized spacial score (nSPS) is 14.8. The van der Waals surface area contributed by atoms with Crippen molar-refractivity contribution < 1.29 is 18.0 Å². The highest BCUT2D eigenvalue weighted by Crippen LogP contribution is 2.25. The van der Waals surface area contributed by atoms with E-state index in [1.807, 2.05) is 38.1 Å². The number of anilines is 1. The maximum absolute atomic E-state index is 14.2. The molecule has 212 valence electrons. The molecule has 0 spiro atoms. The molecule has 0 aromatic heterocycles. The van der Waals surface area contributed by atoms with Crippen LogP contribution in [0.2, 0.25) is 0 Å². The Bertz CT molecular complexity index is 1370. The summed E-state index contributed by atoms with van der Waals surface area (Å²) >= 11 is 0. The minimum atomic E-state index is -4.05. The number of hydrogen-bond donors (Lipinski definition) is 1. The highest BCUT2D eigenvalue weighted by Gasteiger charge is 2.34. The van der Waals surface area contributed by atoms with Crippen molar-refractivity contribution in [2.45, 2.75) is 75.9 Å². The van der Waals surface area contributed by atoms with Crippen LogP contribution in [0.1, 0.15) is 56.6 Å². The molecule has 3 aromatic rings. The molecule has 2 amide bonds. The van der Waals surface area contributed by atoms with Gasteiger partial charge in [-0.1, -0.05) is 86.8 Å². The molecule has 0 bridgehead atoms. The largest absolute Gasteiger partial charge is 0.352 e. The first kappa shape index (κ1) is 29.3. The van der Waals surface area contributed by atoms with E-state index < -0.39 is 28.5 Å². The third-order valence-electron chi connectivity index (χ3n) is 7.59. The number of sulfonamides is 1. The molecular formula is C32H39N3O4S. The van der Waals surface area contributed by atoms with Crippen molar-refractivity contribution in [1.29, 1.82) is 0 Å². The van der Waals surface area contributed by atoms with E-state index in [2.05, 4.69) is 5.32 Å². The minimum absolute atomic E-state index is 0.0965. The van der Waals surface area contributed by atoms with Crippen LogP contribution in [0.3, 0.4) is 0 Å². The van der Waals surface area contributed by atoms with E-state index in [0.29, 0.717) is 12.1 Å². The molecule has 4 rings (SSSR count). The molecule has 3 aromatic carbocycles. The van der Waals surface area contributed by atoms with Crippen LogP contribution in [0.25, 0.3) is 0 Å². The van der Waals surface area contributed by atoms with Crippen molar-refractivity contribution >= 4 is 27.5 Å². The molecule has 1 unspecified atom stereocenters. The van der Waals surface area contributed by atoms with Gasteiger partial charge in [0.05, 0.1) is 10.6 Å². The lowest BCUT2D eigenvalue weighted by atomic mass is 9.95. The smallest absolute Gasteiger partial charge is 0.264 e. The predicted molar refractivity (Wildman–Crippen MR) is 158 cm³/mol. The number of carbonyl (C=O) groups is 2. The van der Waals surface area contributed by atoms with Crippen molar-refractivity contribution in [1.82, 2.24) is 10.2 Å². The number of nitrogens with zero attached hydrogens (tertiary/aromatic N) is 2. The fraction of sp³-hybridized carbons (Fsp3) is 0.375. The first-order valence-corrected chi connectivity index (χ1v) is 15.5. The van der Waals surface area contributed by atoms with E-state index in [1.165, 1.54) is 18.6 Å². The summed E-state index contributed by atoms with van der Waals surface area (Å²) in [4.78, 5) is 29.4. The molecule has 1 aliphatic carbocycles. The second-order valence-electron chi connectivity index (χ2n) is 10.4. The van der Waals surface area contributed by atoms with Crippen LogP contribution in [0.5, 0.6) is 0 Å². The van der Waals surface area contributed by atoms with Gasteiger partial charge in [-0.05, 0) is 61.6 Å². The van der Waals surface area contributed by atoms with Crippen LogP contribution in [0, 0.1) is 6.92 Å². The van der Waals surface area contributed by atoms with Gasteiger partial charge in [-0.2, -0.15) is 0 Å². The van der Waals surface area contributed by atoms with Gasteiger partial charge in [0.25, 0.3) is 10.0 Å². The number of rotatable bonds is 11. The fourth-order valence-electron chi connectivity index (χ4n) is 5.28. The molecule has 1 aliphatic rings. The average molecular weight is 562 g/mol. The summed E-state index contributed by atoms with van der Waals surface area (Å²) in [5, 5.41) is 3.18. The van der Waals surface area contributed by atoms with E-state index >= 15 is 0 Å². The molecule has 0 radical (unpaired) electrons. The van der Waals surface area contributed by atoms with Gasteiger partial charge < -0.3 is 10.2 Å². The Hall–Kier alpha value is -3.65. The van der Waals surface area contributed by atoms with E-state index in [1.54, 1.807) is 53.4 Å². The Balaban J connectivity index is 1.68. The number of hydrogen-bond acceptors (Lipinski definition) is 4. The van der Waals surface area contributed by atoms with Crippen LogP contribution in [-0.2, 0) is 26.2 Å². The van der Waals surface area contributed by atoms with E-state index in [0.717, 1.165) is 41.1 Å². The van der Waals surface area contributed by atoms with Gasteiger partial charge in [0.2, 0.25) is 11.8 Å². The molecule has 0 saturated heterocycles. The van der Waals surface area contributed by atoms with Gasteiger partial charge in [0.15, 0.2) is 0 Å². The monoisotopic (exact) mass is 561 g/mol. The number of para-hydroxylation sites is 1. The number of carbonyl (C=O) groups excluding carboxylic acids is 2. The second-order valence-corrected chi connectivity index (χ2v) is 12.2. The molecule has 0 heterocycles. The molecule has 8 heteroatoms. The zero-order chi connectivity index (χ0) is 28.5. The first-order valence-electron chi connectivity index (χ1n) is 14.1. The van der Waals surface area contributed by atoms with Crippen LogP contribution in [0.4, 0.5) is 5.69 Å². The summed E-state index contributed by atoms with van der Waals surface area (Å²) in [6.07, 6.45) is 5.61. The van der Waals surface area contributed by atoms with Gasteiger partial charge in [0, 0.05) is 12.6 Å². The van der Waals surface area contributed by atoms with E-state index in [9.17, 15) is 18.0 Å². The zero-order valence-electron chi connectivity index (χ0n) is 23.3. The average Bonchev–Trinajstić information content (AvgIpc) is 2.98. The van der Waals surface area contributed by atoms with Gasteiger partial charge in [-0.25, -0.2) is 8.42 Å². The topological polar surface area (TPSA) is 86.8 Å². The van der Waals surface area contributed by atoms with Crippen molar-refractivity contribution in [2.75, 3.05) is 10.8 Å². The molecule has 7 nitrogen and oxygen atoms in total.